The van der Waals surface area contributed by atoms with Crippen molar-refractivity contribution < 1.29 is 0 Å². The highest BCUT2D eigenvalue weighted by atomic mass is 35.6. The Kier molecular flexibility index (Phi) is 4.65. The average molecular weight is 341 g/mol. The topological polar surface area (TPSA) is 27.6 Å². The maximum atomic E-state index is 6.12. The van der Waals surface area contributed by atoms with Crippen molar-refractivity contribution in [3.05, 3.63) is 0 Å². The molecule has 0 aromatic carbocycles. The fourth-order valence-corrected chi connectivity index (χ4v) is 1.99. The van der Waals surface area contributed by atoms with E-state index in [2.05, 4.69) is 31.3 Å². The molecular formula is C9H14Cl5N3. The molecule has 8 heteroatoms. The standard InChI is InChI=1S/C9H14Cl5N3/c1-7(2,3)4-6-16-15-5-17(6)9(13,14)8(10,11)12/h15H,4-5H2,1-3H3. The van der Waals surface area contributed by atoms with Crippen LogP contribution in [-0.2, 0) is 0 Å². The first-order chi connectivity index (χ1) is 7.45. The highest BCUT2D eigenvalue weighted by molar-refractivity contribution is 6.75. The minimum Gasteiger partial charge on any atom is -0.304 e. The fraction of sp³-hybridized carbons (Fsp3) is 0.889. The Balaban J connectivity index is 2.89. The molecule has 0 saturated carbocycles. The molecule has 0 amide bonds. The summed E-state index contributed by atoms with van der Waals surface area (Å²) in [6.07, 6.45) is 0.669. The predicted molar refractivity (Wildman–Crippen MR) is 76.1 cm³/mol. The minimum absolute atomic E-state index is 0.0283. The van der Waals surface area contributed by atoms with Crippen molar-refractivity contribution in [2.45, 2.75) is 35.4 Å². The van der Waals surface area contributed by atoms with Crippen LogP contribution >= 0.6 is 58.0 Å². The first kappa shape index (κ1) is 15.8. The van der Waals surface area contributed by atoms with Gasteiger partial charge in [0.25, 0.3) is 0 Å². The number of rotatable bonds is 2. The summed E-state index contributed by atoms with van der Waals surface area (Å²) in [5.74, 6) is 0.675. The van der Waals surface area contributed by atoms with Crippen molar-refractivity contribution in [2.75, 3.05) is 6.67 Å². The van der Waals surface area contributed by atoms with Crippen LogP contribution in [0.1, 0.15) is 27.2 Å². The van der Waals surface area contributed by atoms with Crippen molar-refractivity contribution in [3.63, 3.8) is 0 Å². The van der Waals surface area contributed by atoms with E-state index in [9.17, 15) is 0 Å². The van der Waals surface area contributed by atoms with Gasteiger partial charge in [-0.25, -0.2) is 0 Å². The third kappa shape index (κ3) is 3.84. The van der Waals surface area contributed by atoms with Crippen LogP contribution in [0.25, 0.3) is 0 Å². The van der Waals surface area contributed by atoms with E-state index < -0.39 is 8.25 Å². The summed E-state index contributed by atoms with van der Waals surface area (Å²) < 4.78 is -3.49. The van der Waals surface area contributed by atoms with Crippen LogP contribution in [0.4, 0.5) is 0 Å². The lowest BCUT2D eigenvalue weighted by molar-refractivity contribution is 0.336. The Morgan fingerprint density at radius 3 is 2.12 bits per heavy atom. The fourth-order valence-electron chi connectivity index (χ4n) is 1.37. The lowest BCUT2D eigenvalue weighted by Gasteiger charge is -2.38. The minimum atomic E-state index is -1.83. The molecule has 0 atom stereocenters. The molecule has 0 spiro atoms. The van der Waals surface area contributed by atoms with Gasteiger partial charge in [-0.15, -0.1) is 0 Å². The Morgan fingerprint density at radius 1 is 1.18 bits per heavy atom. The van der Waals surface area contributed by atoms with E-state index in [-0.39, 0.29) is 5.41 Å². The Bertz CT molecular complexity index is 316. The van der Waals surface area contributed by atoms with Crippen molar-refractivity contribution in [2.24, 2.45) is 10.5 Å². The van der Waals surface area contributed by atoms with E-state index in [1.807, 2.05) is 0 Å². The van der Waals surface area contributed by atoms with Gasteiger partial charge in [-0.2, -0.15) is 5.10 Å². The van der Waals surface area contributed by atoms with E-state index >= 15 is 0 Å². The Morgan fingerprint density at radius 2 is 1.71 bits per heavy atom. The van der Waals surface area contributed by atoms with E-state index in [1.54, 1.807) is 4.90 Å². The van der Waals surface area contributed by atoms with Gasteiger partial charge < -0.3 is 4.90 Å². The second kappa shape index (κ2) is 5.01. The maximum Gasteiger partial charge on any atom is 0.241 e. The van der Waals surface area contributed by atoms with Gasteiger partial charge in [0.1, 0.15) is 12.5 Å². The van der Waals surface area contributed by atoms with Gasteiger partial charge >= 0.3 is 0 Å². The maximum absolute atomic E-state index is 6.12. The first-order valence-electron chi connectivity index (χ1n) is 4.97. The third-order valence-electron chi connectivity index (χ3n) is 2.12. The zero-order chi connectivity index (χ0) is 13.5. The van der Waals surface area contributed by atoms with Gasteiger partial charge in [-0.1, -0.05) is 78.8 Å². The van der Waals surface area contributed by atoms with Crippen LogP contribution in [0.3, 0.4) is 0 Å². The molecule has 0 fully saturated rings. The van der Waals surface area contributed by atoms with Crippen molar-refractivity contribution in [1.29, 1.82) is 0 Å². The zero-order valence-corrected chi connectivity index (χ0v) is 13.5. The van der Waals surface area contributed by atoms with Gasteiger partial charge in [0.15, 0.2) is 0 Å². The van der Waals surface area contributed by atoms with Crippen LogP contribution in [0.2, 0.25) is 0 Å². The van der Waals surface area contributed by atoms with Crippen LogP contribution in [0.5, 0.6) is 0 Å². The van der Waals surface area contributed by atoms with Gasteiger partial charge in [0.2, 0.25) is 8.25 Å². The number of hydrazone groups is 1. The molecule has 3 nitrogen and oxygen atoms in total. The second-order valence-electron chi connectivity index (χ2n) is 5.05. The molecule has 0 saturated heterocycles. The molecular weight excluding hydrogens is 327 g/mol. The van der Waals surface area contributed by atoms with E-state index in [4.69, 9.17) is 58.0 Å². The monoisotopic (exact) mass is 339 g/mol. The van der Waals surface area contributed by atoms with Gasteiger partial charge in [0, 0.05) is 6.42 Å². The molecule has 1 aliphatic rings. The molecule has 1 heterocycles. The summed E-state index contributed by atoms with van der Waals surface area (Å²) in [7, 11) is 0. The number of nitrogens with one attached hydrogen (secondary N) is 1. The number of nitrogens with zero attached hydrogens (tertiary/aromatic N) is 2. The van der Waals surface area contributed by atoms with Crippen molar-refractivity contribution in [1.82, 2.24) is 10.3 Å². The summed E-state index contributed by atoms with van der Waals surface area (Å²) in [6, 6.07) is 0. The number of alkyl halides is 5. The molecule has 17 heavy (non-hydrogen) atoms. The van der Waals surface area contributed by atoms with Gasteiger partial charge in [-0.3, -0.25) is 5.43 Å². The summed E-state index contributed by atoms with van der Waals surface area (Å²) in [4.78, 5) is 1.55. The average Bonchev–Trinajstić information content (AvgIpc) is 2.46. The highest BCUT2D eigenvalue weighted by Crippen LogP contribution is 2.49. The lowest BCUT2D eigenvalue weighted by atomic mass is 9.91. The molecule has 0 radical (unpaired) electrons. The summed E-state index contributed by atoms with van der Waals surface area (Å²) in [5.41, 5.74) is 2.82. The first-order valence-corrected chi connectivity index (χ1v) is 6.86. The third-order valence-corrected chi connectivity index (χ3v) is 4.49. The normalized spacial score (nSPS) is 18.1. The van der Waals surface area contributed by atoms with Crippen LogP contribution in [0.15, 0.2) is 5.10 Å². The van der Waals surface area contributed by atoms with E-state index in [0.29, 0.717) is 18.9 Å². The van der Waals surface area contributed by atoms with Crippen LogP contribution < -0.4 is 5.43 Å². The number of hydrogen-bond donors (Lipinski definition) is 1. The predicted octanol–water partition coefficient (Wildman–Crippen LogP) is 4.10. The zero-order valence-electron chi connectivity index (χ0n) is 9.70. The largest absolute Gasteiger partial charge is 0.304 e. The molecule has 0 bridgehead atoms. The Labute approximate surface area is 126 Å². The van der Waals surface area contributed by atoms with Crippen molar-refractivity contribution in [3.8, 4) is 0 Å². The molecule has 0 unspecified atom stereocenters. The van der Waals surface area contributed by atoms with Gasteiger partial charge in [-0.05, 0) is 5.41 Å². The number of halogens is 5. The molecule has 0 aromatic heterocycles. The molecule has 0 aliphatic carbocycles. The molecule has 0 aromatic rings. The molecule has 1 aliphatic heterocycles. The van der Waals surface area contributed by atoms with Crippen LogP contribution in [0, 0.1) is 5.41 Å². The molecule has 100 valence electrons. The Hall–Kier alpha value is 0.720. The SMILES string of the molecule is CC(C)(C)CC1=NNCN1C(Cl)(Cl)C(Cl)(Cl)Cl. The number of amidine groups is 1. The molecule has 1 N–H and O–H groups in total. The van der Waals surface area contributed by atoms with Crippen LogP contribution in [-0.4, -0.2) is 25.7 Å². The molecule has 1 rings (SSSR count). The quantitative estimate of drug-likeness (QED) is 0.605. The summed E-state index contributed by atoms with van der Waals surface area (Å²) in [5, 5.41) is 4.13. The smallest absolute Gasteiger partial charge is 0.241 e. The number of hydrogen-bond acceptors (Lipinski definition) is 3. The van der Waals surface area contributed by atoms with Crippen molar-refractivity contribution >= 4 is 63.8 Å². The lowest BCUT2D eigenvalue weighted by Crippen LogP contribution is -2.51. The summed E-state index contributed by atoms with van der Waals surface area (Å²) >= 11 is 29.6. The van der Waals surface area contributed by atoms with Gasteiger partial charge in [0.05, 0.1) is 0 Å². The summed E-state index contributed by atoms with van der Waals surface area (Å²) in [6.45, 7) is 6.54. The van der Waals surface area contributed by atoms with E-state index in [0.717, 1.165) is 0 Å². The second-order valence-corrected chi connectivity index (χ2v) is 8.62. The van der Waals surface area contributed by atoms with E-state index in [1.165, 1.54) is 0 Å². The highest BCUT2D eigenvalue weighted by Gasteiger charge is 2.53.